The molecule has 0 bridgehead atoms. The average Bonchev–Trinajstić information content (AvgIpc) is 3.22. The van der Waals surface area contributed by atoms with Gasteiger partial charge in [-0.15, -0.1) is 0 Å². The van der Waals surface area contributed by atoms with Crippen molar-refractivity contribution < 1.29 is 19.6 Å². The Morgan fingerprint density at radius 1 is 1.50 bits per heavy atom. The number of hydrogen-bond donors (Lipinski definition) is 2. The second kappa shape index (κ2) is 6.33. The summed E-state index contributed by atoms with van der Waals surface area (Å²) in [5, 5.41) is 22.8. The standard InChI is InChI=1S/C13H16N2O5/c16-13(17)10-2-1-3-11(15(18)19)12(10)14-6-7-20-8-9-4-5-9/h1-3,9,14H,4-8H2,(H,16,17). The number of nitro groups is 1. The average molecular weight is 280 g/mol. The molecular formula is C13H16N2O5. The molecule has 1 aliphatic rings. The van der Waals surface area contributed by atoms with Crippen LogP contribution in [0, 0.1) is 16.0 Å². The number of benzene rings is 1. The van der Waals surface area contributed by atoms with Gasteiger partial charge in [-0.3, -0.25) is 10.1 Å². The third-order valence-electron chi connectivity index (χ3n) is 3.07. The number of nitro benzene ring substituents is 1. The molecule has 108 valence electrons. The summed E-state index contributed by atoms with van der Waals surface area (Å²) >= 11 is 0. The van der Waals surface area contributed by atoms with Gasteiger partial charge < -0.3 is 15.2 Å². The van der Waals surface area contributed by atoms with Crippen LogP contribution in [0.1, 0.15) is 23.2 Å². The van der Waals surface area contributed by atoms with E-state index in [4.69, 9.17) is 9.84 Å². The summed E-state index contributed by atoms with van der Waals surface area (Å²) in [6, 6.07) is 3.97. The van der Waals surface area contributed by atoms with Gasteiger partial charge in [-0.1, -0.05) is 6.07 Å². The van der Waals surface area contributed by atoms with Crippen molar-refractivity contribution in [1.82, 2.24) is 0 Å². The van der Waals surface area contributed by atoms with Gasteiger partial charge in [0.05, 0.1) is 17.1 Å². The molecule has 0 saturated heterocycles. The molecule has 7 nitrogen and oxygen atoms in total. The third-order valence-corrected chi connectivity index (χ3v) is 3.07. The van der Waals surface area contributed by atoms with Crippen LogP contribution < -0.4 is 5.32 Å². The fraction of sp³-hybridized carbons (Fsp3) is 0.462. The first kappa shape index (κ1) is 14.3. The number of ether oxygens (including phenoxy) is 1. The molecule has 1 saturated carbocycles. The zero-order valence-corrected chi connectivity index (χ0v) is 10.9. The Balaban J connectivity index is 1.99. The van der Waals surface area contributed by atoms with Gasteiger partial charge in [0.1, 0.15) is 5.69 Å². The number of para-hydroxylation sites is 1. The number of aromatic carboxylic acids is 1. The minimum Gasteiger partial charge on any atom is -0.478 e. The molecule has 20 heavy (non-hydrogen) atoms. The Morgan fingerprint density at radius 2 is 2.25 bits per heavy atom. The summed E-state index contributed by atoms with van der Waals surface area (Å²) in [4.78, 5) is 21.4. The topological polar surface area (TPSA) is 102 Å². The highest BCUT2D eigenvalue weighted by atomic mass is 16.6. The number of anilines is 1. The van der Waals surface area contributed by atoms with Crippen molar-refractivity contribution in [3.05, 3.63) is 33.9 Å². The first-order chi connectivity index (χ1) is 9.59. The number of carboxylic acid groups (broad SMARTS) is 1. The monoisotopic (exact) mass is 280 g/mol. The Kier molecular flexibility index (Phi) is 4.52. The van der Waals surface area contributed by atoms with Crippen LogP contribution in [-0.4, -0.2) is 35.8 Å². The molecular weight excluding hydrogens is 264 g/mol. The van der Waals surface area contributed by atoms with E-state index in [1.807, 2.05) is 0 Å². The lowest BCUT2D eigenvalue weighted by atomic mass is 10.1. The van der Waals surface area contributed by atoms with Crippen molar-refractivity contribution in [1.29, 1.82) is 0 Å². The molecule has 0 radical (unpaired) electrons. The lowest BCUT2D eigenvalue weighted by Crippen LogP contribution is -2.14. The fourth-order valence-corrected chi connectivity index (χ4v) is 1.84. The highest BCUT2D eigenvalue weighted by Crippen LogP contribution is 2.29. The van der Waals surface area contributed by atoms with Crippen LogP contribution in [0.3, 0.4) is 0 Å². The van der Waals surface area contributed by atoms with Gasteiger partial charge in [-0.05, 0) is 24.8 Å². The molecule has 1 aromatic carbocycles. The molecule has 7 heteroatoms. The van der Waals surface area contributed by atoms with Crippen molar-refractivity contribution in [3.8, 4) is 0 Å². The Morgan fingerprint density at radius 3 is 2.85 bits per heavy atom. The van der Waals surface area contributed by atoms with Gasteiger partial charge >= 0.3 is 5.97 Å². The summed E-state index contributed by atoms with van der Waals surface area (Å²) in [6.07, 6.45) is 2.39. The largest absolute Gasteiger partial charge is 0.478 e. The number of nitrogens with zero attached hydrogens (tertiary/aromatic N) is 1. The van der Waals surface area contributed by atoms with E-state index in [-0.39, 0.29) is 16.9 Å². The maximum atomic E-state index is 11.1. The van der Waals surface area contributed by atoms with Gasteiger partial charge in [-0.2, -0.15) is 0 Å². The van der Waals surface area contributed by atoms with Gasteiger partial charge in [0, 0.05) is 19.2 Å². The van der Waals surface area contributed by atoms with Crippen molar-refractivity contribution in [2.45, 2.75) is 12.8 Å². The molecule has 0 amide bonds. The van der Waals surface area contributed by atoms with E-state index in [2.05, 4.69) is 5.32 Å². The van der Waals surface area contributed by atoms with Gasteiger partial charge in [0.2, 0.25) is 0 Å². The van der Waals surface area contributed by atoms with E-state index in [9.17, 15) is 14.9 Å². The summed E-state index contributed by atoms with van der Waals surface area (Å²) in [5.74, 6) is -0.550. The highest BCUT2D eigenvalue weighted by Gasteiger charge is 2.22. The summed E-state index contributed by atoms with van der Waals surface area (Å²) < 4.78 is 5.40. The van der Waals surface area contributed by atoms with E-state index in [0.29, 0.717) is 25.7 Å². The summed E-state index contributed by atoms with van der Waals surface area (Å²) in [6.45, 7) is 1.42. The lowest BCUT2D eigenvalue weighted by Gasteiger charge is -2.10. The SMILES string of the molecule is O=C(O)c1cccc([N+](=O)[O-])c1NCCOCC1CC1. The van der Waals surface area contributed by atoms with Gasteiger partial charge in [0.25, 0.3) is 5.69 Å². The van der Waals surface area contributed by atoms with Crippen molar-refractivity contribution in [3.63, 3.8) is 0 Å². The van der Waals surface area contributed by atoms with Crippen LogP contribution in [0.15, 0.2) is 18.2 Å². The van der Waals surface area contributed by atoms with Crippen LogP contribution in [0.4, 0.5) is 11.4 Å². The van der Waals surface area contributed by atoms with E-state index < -0.39 is 10.9 Å². The molecule has 1 fully saturated rings. The summed E-state index contributed by atoms with van der Waals surface area (Å²) in [7, 11) is 0. The predicted molar refractivity (Wildman–Crippen MR) is 72.1 cm³/mol. The smallest absolute Gasteiger partial charge is 0.338 e. The fourth-order valence-electron chi connectivity index (χ4n) is 1.84. The van der Waals surface area contributed by atoms with Crippen LogP contribution in [0.25, 0.3) is 0 Å². The lowest BCUT2D eigenvalue weighted by molar-refractivity contribution is -0.384. The Labute approximate surface area is 115 Å². The predicted octanol–water partition coefficient (Wildman–Crippen LogP) is 2.13. The minimum absolute atomic E-state index is 0.0278. The molecule has 2 rings (SSSR count). The molecule has 0 aliphatic heterocycles. The van der Waals surface area contributed by atoms with E-state index >= 15 is 0 Å². The normalized spacial score (nSPS) is 14.0. The molecule has 2 N–H and O–H groups in total. The summed E-state index contributed by atoms with van der Waals surface area (Å²) in [5.41, 5.74) is -0.325. The molecule has 0 unspecified atom stereocenters. The quantitative estimate of drug-likeness (QED) is 0.429. The van der Waals surface area contributed by atoms with Crippen molar-refractivity contribution >= 4 is 17.3 Å². The van der Waals surface area contributed by atoms with E-state index in [1.54, 1.807) is 0 Å². The van der Waals surface area contributed by atoms with Crippen LogP contribution in [-0.2, 0) is 4.74 Å². The molecule has 0 atom stereocenters. The van der Waals surface area contributed by atoms with Crippen molar-refractivity contribution in [2.24, 2.45) is 5.92 Å². The molecule has 0 heterocycles. The zero-order chi connectivity index (χ0) is 14.5. The molecule has 1 aromatic rings. The minimum atomic E-state index is -1.20. The molecule has 1 aliphatic carbocycles. The number of rotatable bonds is 8. The maximum Gasteiger partial charge on any atom is 0.338 e. The second-order valence-electron chi connectivity index (χ2n) is 4.71. The van der Waals surface area contributed by atoms with Gasteiger partial charge in [-0.25, -0.2) is 4.79 Å². The third kappa shape index (κ3) is 3.67. The molecule has 0 aromatic heterocycles. The van der Waals surface area contributed by atoms with Crippen LogP contribution in [0.2, 0.25) is 0 Å². The number of carbonyl (C=O) groups is 1. The van der Waals surface area contributed by atoms with E-state index in [1.165, 1.54) is 31.0 Å². The molecule has 0 spiro atoms. The second-order valence-corrected chi connectivity index (χ2v) is 4.71. The van der Waals surface area contributed by atoms with Gasteiger partial charge in [0.15, 0.2) is 0 Å². The zero-order valence-electron chi connectivity index (χ0n) is 10.9. The maximum absolute atomic E-state index is 11.1. The van der Waals surface area contributed by atoms with Crippen LogP contribution in [0.5, 0.6) is 0 Å². The van der Waals surface area contributed by atoms with Crippen molar-refractivity contribution in [2.75, 3.05) is 25.1 Å². The Hall–Kier alpha value is -2.15. The first-order valence-electron chi connectivity index (χ1n) is 6.42. The Bertz CT molecular complexity index is 481. The highest BCUT2D eigenvalue weighted by molar-refractivity contribution is 5.96. The van der Waals surface area contributed by atoms with Crippen LogP contribution >= 0.6 is 0 Å². The number of nitrogens with one attached hydrogen (secondary N) is 1. The van der Waals surface area contributed by atoms with E-state index in [0.717, 1.165) is 0 Å². The first-order valence-corrected chi connectivity index (χ1v) is 6.42. The number of hydrogen-bond acceptors (Lipinski definition) is 5. The number of carboxylic acids is 1.